The predicted octanol–water partition coefficient (Wildman–Crippen LogP) is 5.25. The predicted molar refractivity (Wildman–Crippen MR) is 116 cm³/mol. The number of thioether (sulfide) groups is 1. The first-order valence-corrected chi connectivity index (χ1v) is 10.7. The Labute approximate surface area is 176 Å². The van der Waals surface area contributed by atoms with Gasteiger partial charge in [0.15, 0.2) is 5.01 Å². The Morgan fingerprint density at radius 1 is 1.04 bits per heavy atom. The molecule has 0 N–H and O–H groups in total. The van der Waals surface area contributed by atoms with Crippen LogP contribution in [0.15, 0.2) is 71.0 Å². The van der Waals surface area contributed by atoms with Gasteiger partial charge in [-0.3, -0.25) is 0 Å². The molecule has 0 radical (unpaired) electrons. The monoisotopic (exact) mass is 424 g/mol. The van der Waals surface area contributed by atoms with E-state index in [1.54, 1.807) is 30.2 Å². The van der Waals surface area contributed by atoms with Crippen molar-refractivity contribution in [3.8, 4) is 27.4 Å². The quantitative estimate of drug-likeness (QED) is 0.337. The van der Waals surface area contributed by atoms with Crippen LogP contribution in [-0.2, 0) is 5.75 Å². The molecule has 0 aliphatic carbocycles. The molecule has 0 amide bonds. The van der Waals surface area contributed by atoms with Gasteiger partial charge in [0, 0.05) is 27.7 Å². The van der Waals surface area contributed by atoms with Gasteiger partial charge < -0.3 is 4.74 Å². The fourth-order valence-electron chi connectivity index (χ4n) is 2.64. The lowest BCUT2D eigenvalue weighted by molar-refractivity contribution is 0.416. The highest BCUT2D eigenvalue weighted by Gasteiger charge is 2.13. The largest absolute Gasteiger partial charge is 0.496 e. The number of ether oxygens (including phenoxy) is 1. The molecule has 0 fully saturated rings. The summed E-state index contributed by atoms with van der Waals surface area (Å²) in [6, 6.07) is 14.1. The van der Waals surface area contributed by atoms with E-state index >= 15 is 0 Å². The SMILES string of the molecule is COc1ccc(S)cc1-c1nnc(CSc2cccc(-c3cncnc3)c2)s1. The Bertz CT molecular complexity index is 1090. The maximum Gasteiger partial charge on any atom is 0.151 e. The van der Waals surface area contributed by atoms with Crippen LogP contribution in [0.1, 0.15) is 5.01 Å². The second-order valence-corrected chi connectivity index (χ2v) is 8.46. The number of nitrogens with zero attached hydrogens (tertiary/aromatic N) is 4. The molecule has 0 aliphatic rings. The highest BCUT2D eigenvalue weighted by molar-refractivity contribution is 7.98. The van der Waals surface area contributed by atoms with Crippen LogP contribution >= 0.6 is 35.7 Å². The fourth-order valence-corrected chi connectivity index (χ4v) is 4.65. The molecule has 0 aliphatic heterocycles. The van der Waals surface area contributed by atoms with Crippen molar-refractivity contribution in [1.82, 2.24) is 20.2 Å². The van der Waals surface area contributed by atoms with Gasteiger partial charge in [-0.05, 0) is 35.9 Å². The number of aromatic nitrogens is 4. The van der Waals surface area contributed by atoms with Crippen LogP contribution in [0.5, 0.6) is 5.75 Å². The minimum Gasteiger partial charge on any atom is -0.496 e. The minimum absolute atomic E-state index is 0.745. The van der Waals surface area contributed by atoms with Crippen LogP contribution in [0.3, 0.4) is 0 Å². The highest BCUT2D eigenvalue weighted by Crippen LogP contribution is 2.35. The van der Waals surface area contributed by atoms with E-state index in [1.807, 2.05) is 36.7 Å². The molecule has 140 valence electrons. The molecular formula is C20H16N4OS3. The molecule has 2 aromatic carbocycles. The third-order valence-corrected chi connectivity index (χ3v) is 6.39. The maximum atomic E-state index is 5.44. The molecule has 0 unspecified atom stereocenters. The van der Waals surface area contributed by atoms with Crippen molar-refractivity contribution in [2.24, 2.45) is 0 Å². The van der Waals surface area contributed by atoms with Crippen molar-refractivity contribution in [3.05, 3.63) is 66.2 Å². The van der Waals surface area contributed by atoms with E-state index in [-0.39, 0.29) is 0 Å². The summed E-state index contributed by atoms with van der Waals surface area (Å²) in [5.41, 5.74) is 3.01. The van der Waals surface area contributed by atoms with Gasteiger partial charge in [0.2, 0.25) is 0 Å². The molecule has 5 nitrogen and oxygen atoms in total. The average Bonchev–Trinajstić information content (AvgIpc) is 3.22. The Kier molecular flexibility index (Phi) is 5.90. The van der Waals surface area contributed by atoms with Gasteiger partial charge in [0.1, 0.15) is 17.1 Å². The normalized spacial score (nSPS) is 10.8. The van der Waals surface area contributed by atoms with E-state index in [2.05, 4.69) is 51.0 Å². The summed E-state index contributed by atoms with van der Waals surface area (Å²) in [5, 5.41) is 10.5. The second kappa shape index (κ2) is 8.72. The summed E-state index contributed by atoms with van der Waals surface area (Å²) < 4.78 is 5.44. The first kappa shape index (κ1) is 18.9. The third kappa shape index (κ3) is 4.35. The summed E-state index contributed by atoms with van der Waals surface area (Å²) >= 11 is 7.71. The molecule has 28 heavy (non-hydrogen) atoms. The lowest BCUT2D eigenvalue weighted by atomic mass is 10.1. The number of hydrogen-bond acceptors (Lipinski definition) is 8. The second-order valence-electron chi connectivity index (χ2n) is 5.83. The molecule has 0 saturated heterocycles. The Morgan fingerprint density at radius 3 is 2.71 bits per heavy atom. The molecule has 0 saturated carbocycles. The number of benzene rings is 2. The molecule has 4 rings (SSSR count). The van der Waals surface area contributed by atoms with Crippen molar-refractivity contribution in [1.29, 1.82) is 0 Å². The zero-order chi connectivity index (χ0) is 19.3. The van der Waals surface area contributed by atoms with E-state index in [9.17, 15) is 0 Å². The fraction of sp³-hybridized carbons (Fsp3) is 0.100. The molecule has 0 atom stereocenters. The van der Waals surface area contributed by atoms with Crippen molar-refractivity contribution in [2.45, 2.75) is 15.5 Å². The van der Waals surface area contributed by atoms with Crippen LogP contribution in [0.2, 0.25) is 0 Å². The maximum absolute atomic E-state index is 5.44. The van der Waals surface area contributed by atoms with Crippen LogP contribution in [0.4, 0.5) is 0 Å². The molecule has 8 heteroatoms. The summed E-state index contributed by atoms with van der Waals surface area (Å²) in [6.45, 7) is 0. The number of hydrogen-bond donors (Lipinski definition) is 1. The molecular weight excluding hydrogens is 408 g/mol. The number of thiol groups is 1. The topological polar surface area (TPSA) is 60.8 Å². The van der Waals surface area contributed by atoms with E-state index in [4.69, 9.17) is 4.74 Å². The van der Waals surface area contributed by atoms with Gasteiger partial charge in [-0.25, -0.2) is 9.97 Å². The van der Waals surface area contributed by atoms with Crippen molar-refractivity contribution in [3.63, 3.8) is 0 Å². The Hall–Kier alpha value is -2.42. The number of rotatable bonds is 6. The summed E-state index contributed by atoms with van der Waals surface area (Å²) in [4.78, 5) is 10.2. The van der Waals surface area contributed by atoms with Crippen molar-refractivity contribution in [2.75, 3.05) is 7.11 Å². The van der Waals surface area contributed by atoms with Crippen LogP contribution in [-0.4, -0.2) is 27.3 Å². The average molecular weight is 425 g/mol. The standard InChI is InChI=1S/C20H16N4OS3/c1-25-18-6-5-15(26)8-17(18)20-24-23-19(28-20)11-27-16-4-2-3-13(7-16)14-9-21-12-22-10-14/h2-10,12,26H,11H2,1H3. The summed E-state index contributed by atoms with van der Waals surface area (Å²) in [6.07, 6.45) is 5.17. The third-order valence-electron chi connectivity index (χ3n) is 3.97. The zero-order valence-corrected chi connectivity index (χ0v) is 17.5. The van der Waals surface area contributed by atoms with Gasteiger partial charge in [-0.15, -0.1) is 34.6 Å². The molecule has 2 aromatic heterocycles. The van der Waals surface area contributed by atoms with E-state index in [0.29, 0.717) is 0 Å². The van der Waals surface area contributed by atoms with E-state index in [0.717, 1.165) is 48.0 Å². The van der Waals surface area contributed by atoms with Crippen LogP contribution in [0, 0.1) is 0 Å². The van der Waals surface area contributed by atoms with E-state index < -0.39 is 0 Å². The van der Waals surface area contributed by atoms with Gasteiger partial charge in [-0.1, -0.05) is 23.5 Å². The first-order valence-electron chi connectivity index (χ1n) is 8.41. The Balaban J connectivity index is 1.49. The highest BCUT2D eigenvalue weighted by atomic mass is 32.2. The molecule has 2 heterocycles. The van der Waals surface area contributed by atoms with Crippen LogP contribution < -0.4 is 4.74 Å². The lowest BCUT2D eigenvalue weighted by Gasteiger charge is -2.05. The Morgan fingerprint density at radius 2 is 1.89 bits per heavy atom. The number of methoxy groups -OCH3 is 1. The summed E-state index contributed by atoms with van der Waals surface area (Å²) in [5.74, 6) is 1.51. The molecule has 0 bridgehead atoms. The lowest BCUT2D eigenvalue weighted by Crippen LogP contribution is -1.87. The zero-order valence-electron chi connectivity index (χ0n) is 14.9. The minimum atomic E-state index is 0.745. The van der Waals surface area contributed by atoms with E-state index in [1.165, 1.54) is 6.33 Å². The van der Waals surface area contributed by atoms with Crippen molar-refractivity contribution < 1.29 is 4.74 Å². The van der Waals surface area contributed by atoms with Gasteiger partial charge in [-0.2, -0.15) is 0 Å². The van der Waals surface area contributed by atoms with Crippen molar-refractivity contribution >= 4 is 35.7 Å². The molecule has 4 aromatic rings. The van der Waals surface area contributed by atoms with Gasteiger partial charge in [0.25, 0.3) is 0 Å². The summed E-state index contributed by atoms with van der Waals surface area (Å²) in [7, 11) is 1.65. The van der Waals surface area contributed by atoms with Gasteiger partial charge in [0.05, 0.1) is 18.4 Å². The smallest absolute Gasteiger partial charge is 0.151 e. The molecule has 0 spiro atoms. The van der Waals surface area contributed by atoms with Gasteiger partial charge >= 0.3 is 0 Å². The van der Waals surface area contributed by atoms with Crippen LogP contribution in [0.25, 0.3) is 21.7 Å². The first-order chi connectivity index (χ1) is 13.7.